The van der Waals surface area contributed by atoms with Crippen LogP contribution in [0.15, 0.2) is 18.2 Å². The predicted octanol–water partition coefficient (Wildman–Crippen LogP) is 3.04. The number of rotatable bonds is 1. The van der Waals surface area contributed by atoms with Gasteiger partial charge in [0.05, 0.1) is 0 Å². The molecule has 0 aliphatic carbocycles. The van der Waals surface area contributed by atoms with Crippen molar-refractivity contribution in [2.24, 2.45) is 5.73 Å². The summed E-state index contributed by atoms with van der Waals surface area (Å²) in [5, 5.41) is -0.198. The minimum absolute atomic E-state index is 0.198. The molecule has 78 valence electrons. The van der Waals surface area contributed by atoms with Crippen molar-refractivity contribution in [2.75, 3.05) is 0 Å². The fourth-order valence-corrected chi connectivity index (χ4v) is 1.16. The molecule has 2 N–H and O–H groups in total. The standard InChI is InChI=1S/C8H6ClF4N/c9-6-2-1-4(10)3-5(6)7(14)8(11,12)13/h1-3,7H,14H2/t7-/m0/s1. The van der Waals surface area contributed by atoms with Gasteiger partial charge in [-0.25, -0.2) is 4.39 Å². The fraction of sp³-hybridized carbons (Fsp3) is 0.250. The first-order valence-corrected chi connectivity index (χ1v) is 3.97. The van der Waals surface area contributed by atoms with Crippen LogP contribution in [0.1, 0.15) is 11.6 Å². The van der Waals surface area contributed by atoms with E-state index in [0.717, 1.165) is 12.1 Å². The van der Waals surface area contributed by atoms with Gasteiger partial charge in [-0.05, 0) is 23.8 Å². The molecule has 1 aromatic carbocycles. The Balaban J connectivity index is 3.12. The summed E-state index contributed by atoms with van der Waals surface area (Å²) in [5.74, 6) is -0.802. The Morgan fingerprint density at radius 1 is 1.29 bits per heavy atom. The van der Waals surface area contributed by atoms with E-state index < -0.39 is 23.6 Å². The second-order valence-electron chi connectivity index (χ2n) is 2.69. The molecule has 14 heavy (non-hydrogen) atoms. The Hall–Kier alpha value is -0.810. The molecule has 0 amide bonds. The Labute approximate surface area is 82.5 Å². The normalized spacial score (nSPS) is 14.1. The van der Waals surface area contributed by atoms with Gasteiger partial charge < -0.3 is 5.73 Å². The smallest absolute Gasteiger partial charge is 0.316 e. The summed E-state index contributed by atoms with van der Waals surface area (Å²) in [4.78, 5) is 0. The van der Waals surface area contributed by atoms with Crippen LogP contribution in [0.2, 0.25) is 5.02 Å². The first-order chi connectivity index (χ1) is 6.32. The zero-order chi connectivity index (χ0) is 10.9. The minimum atomic E-state index is -4.63. The summed E-state index contributed by atoms with van der Waals surface area (Å²) >= 11 is 5.45. The zero-order valence-electron chi connectivity index (χ0n) is 6.78. The zero-order valence-corrected chi connectivity index (χ0v) is 7.53. The largest absolute Gasteiger partial charge is 0.407 e. The van der Waals surface area contributed by atoms with Crippen LogP contribution in [0, 0.1) is 5.82 Å². The second-order valence-corrected chi connectivity index (χ2v) is 3.09. The molecule has 1 rings (SSSR count). The summed E-state index contributed by atoms with van der Waals surface area (Å²) in [6.07, 6.45) is -4.63. The molecule has 0 heterocycles. The van der Waals surface area contributed by atoms with E-state index in [-0.39, 0.29) is 5.02 Å². The Kier molecular flexibility index (Phi) is 3.01. The van der Waals surface area contributed by atoms with E-state index in [4.69, 9.17) is 17.3 Å². The summed E-state index contributed by atoms with van der Waals surface area (Å²) in [5.41, 5.74) is 4.41. The summed E-state index contributed by atoms with van der Waals surface area (Å²) < 4.78 is 49.0. The lowest BCUT2D eigenvalue weighted by Crippen LogP contribution is -2.28. The molecule has 0 saturated carbocycles. The predicted molar refractivity (Wildman–Crippen MR) is 44.4 cm³/mol. The average molecular weight is 228 g/mol. The van der Waals surface area contributed by atoms with Gasteiger partial charge in [-0.2, -0.15) is 13.2 Å². The Morgan fingerprint density at radius 2 is 1.86 bits per heavy atom. The van der Waals surface area contributed by atoms with Gasteiger partial charge in [0.25, 0.3) is 0 Å². The molecule has 0 aromatic heterocycles. The Bertz CT molecular complexity index is 337. The highest BCUT2D eigenvalue weighted by Crippen LogP contribution is 2.34. The van der Waals surface area contributed by atoms with Crippen molar-refractivity contribution in [3.63, 3.8) is 0 Å². The maximum atomic E-state index is 12.6. The SMILES string of the molecule is N[C@@H](c1cc(F)ccc1Cl)C(F)(F)F. The number of alkyl halides is 3. The van der Waals surface area contributed by atoms with Crippen LogP contribution in [0.25, 0.3) is 0 Å². The molecule has 0 fully saturated rings. The number of nitrogens with two attached hydrogens (primary N) is 1. The highest BCUT2D eigenvalue weighted by atomic mass is 35.5. The van der Waals surface area contributed by atoms with E-state index in [1.807, 2.05) is 0 Å². The van der Waals surface area contributed by atoms with Gasteiger partial charge in [-0.15, -0.1) is 0 Å². The van der Waals surface area contributed by atoms with Crippen LogP contribution in [0.3, 0.4) is 0 Å². The molecule has 0 spiro atoms. The van der Waals surface area contributed by atoms with Gasteiger partial charge in [-0.3, -0.25) is 0 Å². The van der Waals surface area contributed by atoms with Crippen molar-refractivity contribution in [1.82, 2.24) is 0 Å². The van der Waals surface area contributed by atoms with Gasteiger partial charge in [0.15, 0.2) is 0 Å². The third kappa shape index (κ3) is 2.36. The molecule has 0 unspecified atom stereocenters. The van der Waals surface area contributed by atoms with Crippen molar-refractivity contribution in [1.29, 1.82) is 0 Å². The van der Waals surface area contributed by atoms with E-state index in [1.165, 1.54) is 0 Å². The lowest BCUT2D eigenvalue weighted by Gasteiger charge is -2.16. The second kappa shape index (κ2) is 3.74. The molecule has 0 aliphatic rings. The van der Waals surface area contributed by atoms with E-state index in [9.17, 15) is 17.6 Å². The quantitative estimate of drug-likeness (QED) is 0.734. The first kappa shape index (κ1) is 11.3. The monoisotopic (exact) mass is 227 g/mol. The number of benzene rings is 1. The van der Waals surface area contributed by atoms with Crippen LogP contribution < -0.4 is 5.73 Å². The van der Waals surface area contributed by atoms with E-state index in [2.05, 4.69) is 0 Å². The van der Waals surface area contributed by atoms with Crippen molar-refractivity contribution in [3.05, 3.63) is 34.6 Å². The highest BCUT2D eigenvalue weighted by molar-refractivity contribution is 6.31. The van der Waals surface area contributed by atoms with Crippen LogP contribution in [-0.2, 0) is 0 Å². The summed E-state index contributed by atoms with van der Waals surface area (Å²) in [7, 11) is 0. The van der Waals surface area contributed by atoms with Crippen molar-refractivity contribution >= 4 is 11.6 Å². The Morgan fingerprint density at radius 3 is 2.36 bits per heavy atom. The lowest BCUT2D eigenvalue weighted by molar-refractivity contribution is -0.149. The first-order valence-electron chi connectivity index (χ1n) is 3.59. The van der Waals surface area contributed by atoms with Crippen LogP contribution >= 0.6 is 11.6 Å². The maximum absolute atomic E-state index is 12.6. The van der Waals surface area contributed by atoms with Gasteiger partial charge in [-0.1, -0.05) is 11.6 Å². The molecule has 1 atom stereocenters. The molecule has 6 heteroatoms. The van der Waals surface area contributed by atoms with Crippen LogP contribution in [0.4, 0.5) is 17.6 Å². The molecular weight excluding hydrogens is 222 g/mol. The van der Waals surface area contributed by atoms with Gasteiger partial charge in [0, 0.05) is 5.02 Å². The number of halogens is 5. The van der Waals surface area contributed by atoms with Crippen LogP contribution in [-0.4, -0.2) is 6.18 Å². The molecule has 0 saturated heterocycles. The molecule has 0 bridgehead atoms. The number of hydrogen-bond donors (Lipinski definition) is 1. The highest BCUT2D eigenvalue weighted by Gasteiger charge is 2.39. The van der Waals surface area contributed by atoms with E-state index >= 15 is 0 Å². The van der Waals surface area contributed by atoms with Gasteiger partial charge >= 0.3 is 6.18 Å². The third-order valence-electron chi connectivity index (χ3n) is 1.65. The van der Waals surface area contributed by atoms with Gasteiger partial charge in [0.1, 0.15) is 11.9 Å². The third-order valence-corrected chi connectivity index (χ3v) is 1.99. The maximum Gasteiger partial charge on any atom is 0.407 e. The molecule has 0 aliphatic heterocycles. The van der Waals surface area contributed by atoms with Crippen molar-refractivity contribution < 1.29 is 17.6 Å². The summed E-state index contributed by atoms with van der Waals surface area (Å²) in [6.45, 7) is 0. The molecule has 1 nitrogen and oxygen atoms in total. The topological polar surface area (TPSA) is 26.0 Å². The van der Waals surface area contributed by atoms with E-state index in [1.54, 1.807) is 0 Å². The molecular formula is C8H6ClF4N. The fourth-order valence-electron chi connectivity index (χ4n) is 0.929. The lowest BCUT2D eigenvalue weighted by atomic mass is 10.1. The van der Waals surface area contributed by atoms with Gasteiger partial charge in [0.2, 0.25) is 0 Å². The molecule has 1 aromatic rings. The average Bonchev–Trinajstić information content (AvgIpc) is 2.06. The summed E-state index contributed by atoms with van der Waals surface area (Å²) in [6, 6.07) is 0.429. The number of hydrogen-bond acceptors (Lipinski definition) is 1. The van der Waals surface area contributed by atoms with E-state index in [0.29, 0.717) is 6.07 Å². The van der Waals surface area contributed by atoms with Crippen LogP contribution in [0.5, 0.6) is 0 Å². The van der Waals surface area contributed by atoms with Crippen molar-refractivity contribution in [3.8, 4) is 0 Å². The van der Waals surface area contributed by atoms with Crippen molar-refractivity contribution in [2.45, 2.75) is 12.2 Å². The minimum Gasteiger partial charge on any atom is -0.316 e. The molecule has 0 radical (unpaired) electrons.